The van der Waals surface area contributed by atoms with Crippen molar-refractivity contribution in [2.24, 2.45) is 5.73 Å². The van der Waals surface area contributed by atoms with Crippen LogP contribution in [-0.4, -0.2) is 21.7 Å². The van der Waals surface area contributed by atoms with E-state index in [1.54, 1.807) is 18.3 Å². The van der Waals surface area contributed by atoms with Gasteiger partial charge in [0.05, 0.1) is 18.3 Å². The van der Waals surface area contributed by atoms with E-state index in [1.807, 2.05) is 17.5 Å². The van der Waals surface area contributed by atoms with Gasteiger partial charge in [-0.3, -0.25) is 4.79 Å². The molecular weight excluding hydrogens is 178 g/mol. The summed E-state index contributed by atoms with van der Waals surface area (Å²) in [5.41, 5.74) is 6.84. The first-order valence-electron chi connectivity index (χ1n) is 4.39. The quantitative estimate of drug-likeness (QED) is 0.710. The lowest BCUT2D eigenvalue weighted by Crippen LogP contribution is -2.13. The van der Waals surface area contributed by atoms with Crippen LogP contribution in [0.1, 0.15) is 16.2 Å². The van der Waals surface area contributed by atoms with Gasteiger partial charge in [0.15, 0.2) is 5.78 Å². The summed E-state index contributed by atoms with van der Waals surface area (Å²) in [6, 6.07) is 3.56. The van der Waals surface area contributed by atoms with Crippen LogP contribution >= 0.6 is 0 Å². The summed E-state index contributed by atoms with van der Waals surface area (Å²) in [6.07, 6.45) is 3.57. The van der Waals surface area contributed by atoms with Crippen LogP contribution in [0.4, 0.5) is 0 Å². The topological polar surface area (TPSA) is 60.4 Å². The number of aryl methyl sites for hydroxylation is 1. The first kappa shape index (κ1) is 8.90. The van der Waals surface area contributed by atoms with Crippen molar-refractivity contribution in [2.75, 3.05) is 6.54 Å². The lowest BCUT2D eigenvalue weighted by Gasteiger charge is -2.00. The molecule has 2 aromatic heterocycles. The second-order valence-electron chi connectivity index (χ2n) is 3.14. The van der Waals surface area contributed by atoms with Gasteiger partial charge in [0.2, 0.25) is 0 Å². The van der Waals surface area contributed by atoms with E-state index in [2.05, 4.69) is 4.98 Å². The van der Waals surface area contributed by atoms with E-state index < -0.39 is 0 Å². The molecule has 2 N–H and O–H groups in total. The van der Waals surface area contributed by atoms with Crippen LogP contribution < -0.4 is 5.73 Å². The van der Waals surface area contributed by atoms with Crippen LogP contribution in [0.25, 0.3) is 5.52 Å². The molecule has 4 heteroatoms. The highest BCUT2D eigenvalue weighted by Crippen LogP contribution is 2.09. The van der Waals surface area contributed by atoms with Gasteiger partial charge in [-0.2, -0.15) is 0 Å². The molecule has 0 aliphatic carbocycles. The minimum absolute atomic E-state index is 0.0449. The van der Waals surface area contributed by atoms with Gasteiger partial charge in [-0.05, 0) is 19.1 Å². The Hall–Kier alpha value is -1.68. The zero-order valence-electron chi connectivity index (χ0n) is 7.90. The molecule has 2 aromatic rings. The Labute approximate surface area is 81.4 Å². The fourth-order valence-corrected chi connectivity index (χ4v) is 1.43. The summed E-state index contributed by atoms with van der Waals surface area (Å²) < 4.78 is 1.92. The predicted octanol–water partition coefficient (Wildman–Crippen LogP) is 0.784. The first-order chi connectivity index (χ1) is 6.72. The number of ketones is 1. The number of carbonyl (C=O) groups is 1. The molecule has 0 aliphatic rings. The minimum Gasteiger partial charge on any atom is -0.324 e. The van der Waals surface area contributed by atoms with Crippen molar-refractivity contribution in [1.29, 1.82) is 0 Å². The number of pyridine rings is 1. The van der Waals surface area contributed by atoms with Gasteiger partial charge in [-0.15, -0.1) is 0 Å². The van der Waals surface area contributed by atoms with Gasteiger partial charge >= 0.3 is 0 Å². The number of carbonyl (C=O) groups excluding carboxylic acids is 1. The van der Waals surface area contributed by atoms with Crippen molar-refractivity contribution in [3.05, 3.63) is 35.9 Å². The maximum Gasteiger partial charge on any atom is 0.176 e. The number of imidazole rings is 1. The van der Waals surface area contributed by atoms with Crippen molar-refractivity contribution in [2.45, 2.75) is 6.92 Å². The number of nitrogens with zero attached hydrogens (tertiary/aromatic N) is 2. The lowest BCUT2D eigenvalue weighted by molar-refractivity contribution is 0.100. The van der Waals surface area contributed by atoms with E-state index in [0.29, 0.717) is 5.56 Å². The number of hydrogen-bond acceptors (Lipinski definition) is 3. The van der Waals surface area contributed by atoms with Crippen LogP contribution in [0.3, 0.4) is 0 Å². The number of rotatable bonds is 2. The van der Waals surface area contributed by atoms with Gasteiger partial charge in [-0.1, -0.05) is 0 Å². The molecule has 14 heavy (non-hydrogen) atoms. The Morgan fingerprint density at radius 1 is 1.64 bits per heavy atom. The average molecular weight is 189 g/mol. The zero-order chi connectivity index (χ0) is 10.1. The Morgan fingerprint density at radius 2 is 2.43 bits per heavy atom. The zero-order valence-corrected chi connectivity index (χ0v) is 7.90. The monoisotopic (exact) mass is 189 g/mol. The summed E-state index contributed by atoms with van der Waals surface area (Å²) in [5.74, 6) is 0.859. The second-order valence-corrected chi connectivity index (χ2v) is 3.14. The van der Waals surface area contributed by atoms with E-state index in [4.69, 9.17) is 5.73 Å². The molecule has 0 aliphatic heterocycles. The number of nitrogens with two attached hydrogens (primary N) is 1. The Bertz CT molecular complexity index is 487. The van der Waals surface area contributed by atoms with Gasteiger partial charge in [0.25, 0.3) is 0 Å². The fraction of sp³-hybridized carbons (Fsp3) is 0.200. The van der Waals surface area contributed by atoms with E-state index in [0.717, 1.165) is 11.3 Å². The smallest absolute Gasteiger partial charge is 0.176 e. The second kappa shape index (κ2) is 3.23. The SMILES string of the molecule is Cc1ncc2cc(C(=O)CN)ccn12. The standard InChI is InChI=1S/C10H11N3O/c1-7-12-6-9-4-8(10(14)5-11)2-3-13(7)9/h2-4,6H,5,11H2,1H3. The third-order valence-corrected chi connectivity index (χ3v) is 2.22. The molecule has 0 amide bonds. The van der Waals surface area contributed by atoms with Gasteiger partial charge in [0.1, 0.15) is 5.82 Å². The van der Waals surface area contributed by atoms with Gasteiger partial charge < -0.3 is 10.1 Å². The third-order valence-electron chi connectivity index (χ3n) is 2.22. The van der Waals surface area contributed by atoms with Crippen molar-refractivity contribution in [1.82, 2.24) is 9.38 Å². The Balaban J connectivity index is 2.57. The molecule has 2 rings (SSSR count). The molecule has 0 saturated heterocycles. The third kappa shape index (κ3) is 1.29. The van der Waals surface area contributed by atoms with E-state index in [1.165, 1.54) is 0 Å². The maximum absolute atomic E-state index is 11.3. The van der Waals surface area contributed by atoms with Crippen LogP contribution in [0.2, 0.25) is 0 Å². The summed E-state index contributed by atoms with van der Waals surface area (Å²) in [7, 11) is 0. The molecule has 0 saturated carbocycles. The molecule has 0 aromatic carbocycles. The lowest BCUT2D eigenvalue weighted by atomic mass is 10.1. The molecule has 2 heterocycles. The summed E-state index contributed by atoms with van der Waals surface area (Å²) in [5, 5.41) is 0. The number of Topliss-reactive ketones (excluding diaryl/α,β-unsaturated/α-hetero) is 1. The molecule has 0 radical (unpaired) electrons. The molecule has 0 fully saturated rings. The number of hydrogen-bond donors (Lipinski definition) is 1. The molecule has 72 valence electrons. The molecule has 0 spiro atoms. The fourth-order valence-electron chi connectivity index (χ4n) is 1.43. The minimum atomic E-state index is -0.0497. The van der Waals surface area contributed by atoms with Crippen molar-refractivity contribution < 1.29 is 4.79 Å². The highest BCUT2D eigenvalue weighted by atomic mass is 16.1. The molecule has 0 bridgehead atoms. The van der Waals surface area contributed by atoms with E-state index in [-0.39, 0.29) is 12.3 Å². The van der Waals surface area contributed by atoms with Crippen molar-refractivity contribution in [3.63, 3.8) is 0 Å². The number of aromatic nitrogens is 2. The van der Waals surface area contributed by atoms with Crippen LogP contribution in [0.5, 0.6) is 0 Å². The van der Waals surface area contributed by atoms with Crippen molar-refractivity contribution in [3.8, 4) is 0 Å². The largest absolute Gasteiger partial charge is 0.324 e. The van der Waals surface area contributed by atoms with Crippen molar-refractivity contribution >= 4 is 11.3 Å². The predicted molar refractivity (Wildman–Crippen MR) is 53.3 cm³/mol. The Morgan fingerprint density at radius 3 is 3.14 bits per heavy atom. The van der Waals surface area contributed by atoms with Crippen LogP contribution in [0, 0.1) is 6.92 Å². The van der Waals surface area contributed by atoms with Crippen LogP contribution in [-0.2, 0) is 0 Å². The van der Waals surface area contributed by atoms with E-state index >= 15 is 0 Å². The summed E-state index contributed by atoms with van der Waals surface area (Å²) in [6.45, 7) is 1.96. The summed E-state index contributed by atoms with van der Waals surface area (Å²) in [4.78, 5) is 15.5. The highest BCUT2D eigenvalue weighted by molar-refractivity contribution is 5.98. The van der Waals surface area contributed by atoms with Gasteiger partial charge in [-0.25, -0.2) is 4.98 Å². The molecule has 4 nitrogen and oxygen atoms in total. The summed E-state index contributed by atoms with van der Waals surface area (Å²) >= 11 is 0. The number of fused-ring (bicyclic) bond motifs is 1. The molecule has 0 atom stereocenters. The first-order valence-corrected chi connectivity index (χ1v) is 4.39. The average Bonchev–Trinajstić information content (AvgIpc) is 2.59. The Kier molecular flexibility index (Phi) is 2.05. The maximum atomic E-state index is 11.3. The molecule has 0 unspecified atom stereocenters. The van der Waals surface area contributed by atoms with E-state index in [9.17, 15) is 4.79 Å². The highest BCUT2D eigenvalue weighted by Gasteiger charge is 2.05. The normalized spacial score (nSPS) is 10.7. The van der Waals surface area contributed by atoms with Gasteiger partial charge in [0, 0.05) is 11.8 Å². The molecular formula is C10H11N3O. The van der Waals surface area contributed by atoms with Crippen LogP contribution in [0.15, 0.2) is 24.5 Å².